The molecule has 2 nitrogen and oxygen atoms in total. The summed E-state index contributed by atoms with van der Waals surface area (Å²) in [4.78, 5) is 0. The van der Waals surface area contributed by atoms with Crippen molar-refractivity contribution in [3.05, 3.63) is 58.5 Å². The smallest absolute Gasteiger partial charge is 0.137 e. The summed E-state index contributed by atoms with van der Waals surface area (Å²) in [7, 11) is 1.60. The monoisotopic (exact) mass is 276 g/mol. The van der Waals surface area contributed by atoms with Crippen LogP contribution in [0.3, 0.4) is 0 Å². The summed E-state index contributed by atoms with van der Waals surface area (Å²) in [5.74, 6) is 2.44. The van der Waals surface area contributed by atoms with Crippen LogP contribution in [0, 0.1) is 6.92 Å². The number of furan rings is 1. The lowest BCUT2D eigenvalue weighted by Gasteiger charge is -2.08. The van der Waals surface area contributed by atoms with E-state index in [1.54, 1.807) is 7.11 Å². The number of methoxy groups -OCH3 is 1. The molecule has 0 aliphatic heterocycles. The lowest BCUT2D eigenvalue weighted by atomic mass is 10.0. The van der Waals surface area contributed by atoms with Gasteiger partial charge in [0.25, 0.3) is 0 Å². The SMILES string of the molecule is C=C(c1ccc(OC)c(Cl)c1)c1oc(CC)cc1C. The maximum absolute atomic E-state index is 6.14. The van der Waals surface area contributed by atoms with Crippen molar-refractivity contribution < 1.29 is 9.15 Å². The van der Waals surface area contributed by atoms with Crippen molar-refractivity contribution in [3.63, 3.8) is 0 Å². The minimum Gasteiger partial charge on any atom is -0.495 e. The predicted octanol–water partition coefficient (Wildman–Crippen LogP) is 4.87. The molecular weight excluding hydrogens is 260 g/mol. The minimum absolute atomic E-state index is 0.570. The Kier molecular flexibility index (Phi) is 4.01. The fourth-order valence-corrected chi connectivity index (χ4v) is 2.26. The van der Waals surface area contributed by atoms with Gasteiger partial charge in [0.05, 0.1) is 12.1 Å². The number of ether oxygens (including phenoxy) is 1. The first-order valence-corrected chi connectivity index (χ1v) is 6.57. The first kappa shape index (κ1) is 13.8. The molecule has 19 heavy (non-hydrogen) atoms. The van der Waals surface area contributed by atoms with E-state index in [2.05, 4.69) is 13.5 Å². The number of hydrogen-bond acceptors (Lipinski definition) is 2. The van der Waals surface area contributed by atoms with Crippen LogP contribution in [0.5, 0.6) is 5.75 Å². The highest BCUT2D eigenvalue weighted by Gasteiger charge is 2.13. The topological polar surface area (TPSA) is 22.4 Å². The van der Waals surface area contributed by atoms with Crippen LogP contribution in [-0.2, 0) is 6.42 Å². The summed E-state index contributed by atoms with van der Waals surface area (Å²) in [5, 5.41) is 0.570. The van der Waals surface area contributed by atoms with Crippen molar-refractivity contribution in [2.24, 2.45) is 0 Å². The van der Waals surface area contributed by atoms with Crippen LogP contribution in [0.1, 0.15) is 29.6 Å². The summed E-state index contributed by atoms with van der Waals surface area (Å²) in [6.45, 7) is 8.19. The van der Waals surface area contributed by atoms with E-state index in [0.29, 0.717) is 10.8 Å². The minimum atomic E-state index is 0.570. The van der Waals surface area contributed by atoms with E-state index < -0.39 is 0 Å². The van der Waals surface area contributed by atoms with E-state index in [0.717, 1.165) is 34.6 Å². The Morgan fingerprint density at radius 1 is 1.37 bits per heavy atom. The molecule has 1 aromatic heterocycles. The molecule has 0 bridgehead atoms. The van der Waals surface area contributed by atoms with Crippen LogP contribution < -0.4 is 4.74 Å². The second-order valence-electron chi connectivity index (χ2n) is 4.41. The zero-order chi connectivity index (χ0) is 14.0. The zero-order valence-corrected chi connectivity index (χ0v) is 12.2. The van der Waals surface area contributed by atoms with Crippen molar-refractivity contribution in [2.45, 2.75) is 20.3 Å². The Balaban J connectivity index is 2.38. The molecule has 0 spiro atoms. The summed E-state index contributed by atoms with van der Waals surface area (Å²) < 4.78 is 10.9. The highest BCUT2D eigenvalue weighted by atomic mass is 35.5. The van der Waals surface area contributed by atoms with Crippen molar-refractivity contribution in [3.8, 4) is 5.75 Å². The molecule has 2 rings (SSSR count). The third-order valence-electron chi connectivity index (χ3n) is 3.09. The van der Waals surface area contributed by atoms with Gasteiger partial charge in [-0.1, -0.05) is 31.2 Å². The molecule has 0 atom stereocenters. The highest BCUT2D eigenvalue weighted by Crippen LogP contribution is 2.32. The first-order chi connectivity index (χ1) is 9.06. The zero-order valence-electron chi connectivity index (χ0n) is 11.4. The standard InChI is InChI=1S/C16H17ClO2/c1-5-13-8-10(2)16(19-13)11(3)12-6-7-15(18-4)14(17)9-12/h6-9H,3,5H2,1-2,4H3. The van der Waals surface area contributed by atoms with E-state index >= 15 is 0 Å². The molecular formula is C16H17ClO2. The Bertz CT molecular complexity index is 611. The fraction of sp³-hybridized carbons (Fsp3) is 0.250. The van der Waals surface area contributed by atoms with Crippen LogP contribution in [0.25, 0.3) is 5.57 Å². The third kappa shape index (κ3) is 2.69. The van der Waals surface area contributed by atoms with E-state index in [1.165, 1.54) is 0 Å². The number of benzene rings is 1. The first-order valence-electron chi connectivity index (χ1n) is 6.19. The quantitative estimate of drug-likeness (QED) is 0.794. The molecule has 2 aromatic rings. The number of aryl methyl sites for hydroxylation is 2. The van der Waals surface area contributed by atoms with E-state index in [-0.39, 0.29) is 0 Å². The second kappa shape index (κ2) is 5.54. The molecule has 0 saturated heterocycles. The maximum Gasteiger partial charge on any atom is 0.137 e. The van der Waals surface area contributed by atoms with Gasteiger partial charge < -0.3 is 9.15 Å². The molecule has 1 heterocycles. The van der Waals surface area contributed by atoms with Gasteiger partial charge in [-0.2, -0.15) is 0 Å². The van der Waals surface area contributed by atoms with E-state index in [4.69, 9.17) is 20.8 Å². The summed E-state index contributed by atoms with van der Waals surface area (Å²) >= 11 is 6.14. The molecule has 100 valence electrons. The summed E-state index contributed by atoms with van der Waals surface area (Å²) in [5.41, 5.74) is 2.86. The number of hydrogen-bond donors (Lipinski definition) is 0. The molecule has 0 radical (unpaired) electrons. The van der Waals surface area contributed by atoms with Crippen LogP contribution in [0.2, 0.25) is 5.02 Å². The summed E-state index contributed by atoms with van der Waals surface area (Å²) in [6.07, 6.45) is 0.873. The second-order valence-corrected chi connectivity index (χ2v) is 4.81. The van der Waals surface area contributed by atoms with Crippen molar-refractivity contribution in [2.75, 3.05) is 7.11 Å². The normalized spacial score (nSPS) is 10.5. The molecule has 1 aromatic carbocycles. The average molecular weight is 277 g/mol. The van der Waals surface area contributed by atoms with Crippen LogP contribution in [-0.4, -0.2) is 7.11 Å². The average Bonchev–Trinajstić information content (AvgIpc) is 2.79. The Hall–Kier alpha value is -1.67. The van der Waals surface area contributed by atoms with Gasteiger partial charge in [-0.15, -0.1) is 0 Å². The Morgan fingerprint density at radius 2 is 2.11 bits per heavy atom. The molecule has 0 amide bonds. The van der Waals surface area contributed by atoms with Crippen molar-refractivity contribution in [1.82, 2.24) is 0 Å². The maximum atomic E-state index is 6.14. The lowest BCUT2D eigenvalue weighted by Crippen LogP contribution is -1.89. The largest absolute Gasteiger partial charge is 0.495 e. The molecule has 0 saturated carbocycles. The van der Waals surface area contributed by atoms with Gasteiger partial charge in [-0.3, -0.25) is 0 Å². The van der Waals surface area contributed by atoms with Crippen LogP contribution in [0.4, 0.5) is 0 Å². The molecule has 0 N–H and O–H groups in total. The number of rotatable bonds is 4. The van der Waals surface area contributed by atoms with Gasteiger partial charge in [0.15, 0.2) is 0 Å². The van der Waals surface area contributed by atoms with Gasteiger partial charge in [-0.25, -0.2) is 0 Å². The Labute approximate surface area is 118 Å². The van der Waals surface area contributed by atoms with Gasteiger partial charge in [0.1, 0.15) is 17.3 Å². The number of halogens is 1. The van der Waals surface area contributed by atoms with Gasteiger partial charge in [0, 0.05) is 12.0 Å². The van der Waals surface area contributed by atoms with E-state index in [9.17, 15) is 0 Å². The van der Waals surface area contributed by atoms with Gasteiger partial charge >= 0.3 is 0 Å². The Morgan fingerprint density at radius 3 is 2.63 bits per heavy atom. The molecule has 0 aliphatic carbocycles. The van der Waals surface area contributed by atoms with Gasteiger partial charge in [0.2, 0.25) is 0 Å². The lowest BCUT2D eigenvalue weighted by molar-refractivity contribution is 0.415. The third-order valence-corrected chi connectivity index (χ3v) is 3.39. The van der Waals surface area contributed by atoms with Gasteiger partial charge in [-0.05, 0) is 36.2 Å². The summed E-state index contributed by atoms with van der Waals surface area (Å²) in [6, 6.07) is 7.66. The molecule has 3 heteroatoms. The molecule has 0 unspecified atom stereocenters. The fourth-order valence-electron chi connectivity index (χ4n) is 2.01. The van der Waals surface area contributed by atoms with Crippen LogP contribution >= 0.6 is 11.6 Å². The molecule has 0 aliphatic rings. The van der Waals surface area contributed by atoms with Crippen molar-refractivity contribution >= 4 is 17.2 Å². The van der Waals surface area contributed by atoms with Crippen molar-refractivity contribution in [1.29, 1.82) is 0 Å². The predicted molar refractivity (Wildman–Crippen MR) is 79.0 cm³/mol. The molecule has 0 fully saturated rings. The van der Waals surface area contributed by atoms with Crippen LogP contribution in [0.15, 0.2) is 35.3 Å². The highest BCUT2D eigenvalue weighted by molar-refractivity contribution is 6.32. The van der Waals surface area contributed by atoms with E-state index in [1.807, 2.05) is 31.2 Å².